The van der Waals surface area contributed by atoms with Crippen LogP contribution in [0.2, 0.25) is 5.02 Å². The maximum atomic E-state index is 5.99. The molecule has 0 bridgehead atoms. The monoisotopic (exact) mass is 289 g/mol. The van der Waals surface area contributed by atoms with E-state index in [1.165, 1.54) is 5.56 Å². The Morgan fingerprint density at radius 3 is 2.75 bits per heavy atom. The first-order chi connectivity index (χ1) is 9.69. The molecule has 0 spiro atoms. The van der Waals surface area contributed by atoms with Crippen molar-refractivity contribution < 1.29 is 4.74 Å². The van der Waals surface area contributed by atoms with E-state index in [4.69, 9.17) is 16.3 Å². The predicted molar refractivity (Wildman–Crippen MR) is 85.7 cm³/mol. The van der Waals surface area contributed by atoms with Gasteiger partial charge in [-0.3, -0.25) is 0 Å². The lowest BCUT2D eigenvalue weighted by Crippen LogP contribution is -2.03. The molecule has 2 rings (SSSR count). The van der Waals surface area contributed by atoms with Crippen LogP contribution in [0.3, 0.4) is 0 Å². The molecule has 2 nitrogen and oxygen atoms in total. The molecular formula is C17H20ClNO. The predicted octanol–water partition coefficient (Wildman–Crippen LogP) is 5.05. The maximum Gasteiger partial charge on any atom is 0.142 e. The van der Waals surface area contributed by atoms with Crippen LogP contribution in [-0.4, -0.2) is 6.61 Å². The standard InChI is InChI=1S/C17H20ClNO/c1-3-9-20-17-10-13(2)7-8-16(17)19-12-14-5-4-6-15(18)11-14/h4-8,10-11,19H,3,9,12H2,1-2H3. The molecule has 0 saturated heterocycles. The average Bonchev–Trinajstić information content (AvgIpc) is 2.44. The highest BCUT2D eigenvalue weighted by Gasteiger charge is 2.04. The molecule has 0 aliphatic heterocycles. The molecule has 2 aromatic carbocycles. The second-order valence-electron chi connectivity index (χ2n) is 4.83. The molecule has 0 unspecified atom stereocenters. The van der Waals surface area contributed by atoms with E-state index in [2.05, 4.69) is 43.4 Å². The third-order valence-corrected chi connectivity index (χ3v) is 3.21. The summed E-state index contributed by atoms with van der Waals surface area (Å²) in [4.78, 5) is 0. The van der Waals surface area contributed by atoms with Gasteiger partial charge in [-0.2, -0.15) is 0 Å². The molecule has 1 N–H and O–H groups in total. The summed E-state index contributed by atoms with van der Waals surface area (Å²) < 4.78 is 5.79. The molecule has 0 aliphatic carbocycles. The van der Waals surface area contributed by atoms with Crippen molar-refractivity contribution in [3.63, 3.8) is 0 Å². The fourth-order valence-electron chi connectivity index (χ4n) is 1.95. The summed E-state index contributed by atoms with van der Waals surface area (Å²) in [5.41, 5.74) is 3.37. The van der Waals surface area contributed by atoms with E-state index in [-0.39, 0.29) is 0 Å². The summed E-state index contributed by atoms with van der Waals surface area (Å²) in [6, 6.07) is 14.1. The Morgan fingerprint density at radius 2 is 2.00 bits per heavy atom. The zero-order valence-corrected chi connectivity index (χ0v) is 12.7. The Kier molecular flexibility index (Phi) is 5.31. The highest BCUT2D eigenvalue weighted by molar-refractivity contribution is 6.30. The Bertz CT molecular complexity index is 569. The molecule has 2 aromatic rings. The normalized spacial score (nSPS) is 10.3. The maximum absolute atomic E-state index is 5.99. The minimum absolute atomic E-state index is 0.728. The van der Waals surface area contributed by atoms with Crippen LogP contribution < -0.4 is 10.1 Å². The van der Waals surface area contributed by atoms with E-state index in [0.717, 1.165) is 41.6 Å². The molecule has 106 valence electrons. The highest BCUT2D eigenvalue weighted by Crippen LogP contribution is 2.26. The van der Waals surface area contributed by atoms with E-state index in [1.54, 1.807) is 0 Å². The zero-order valence-electron chi connectivity index (χ0n) is 11.9. The fourth-order valence-corrected chi connectivity index (χ4v) is 2.16. The Morgan fingerprint density at radius 1 is 1.15 bits per heavy atom. The lowest BCUT2D eigenvalue weighted by atomic mass is 10.2. The van der Waals surface area contributed by atoms with Gasteiger partial charge >= 0.3 is 0 Å². The quantitative estimate of drug-likeness (QED) is 0.803. The largest absolute Gasteiger partial charge is 0.491 e. The molecule has 0 atom stereocenters. The van der Waals surface area contributed by atoms with Gasteiger partial charge in [0.15, 0.2) is 0 Å². The topological polar surface area (TPSA) is 21.3 Å². The van der Waals surface area contributed by atoms with Gasteiger partial charge in [-0.25, -0.2) is 0 Å². The number of ether oxygens (including phenoxy) is 1. The Labute approximate surface area is 125 Å². The minimum Gasteiger partial charge on any atom is -0.491 e. The van der Waals surface area contributed by atoms with Crippen molar-refractivity contribution in [3.05, 3.63) is 58.6 Å². The summed E-state index contributed by atoms with van der Waals surface area (Å²) in [6.45, 7) is 5.63. The minimum atomic E-state index is 0.728. The van der Waals surface area contributed by atoms with Crippen LogP contribution in [0.15, 0.2) is 42.5 Å². The van der Waals surface area contributed by atoms with E-state index in [0.29, 0.717) is 0 Å². The van der Waals surface area contributed by atoms with Crippen LogP contribution in [0.1, 0.15) is 24.5 Å². The second kappa shape index (κ2) is 7.20. The second-order valence-corrected chi connectivity index (χ2v) is 5.27. The SMILES string of the molecule is CCCOc1cc(C)ccc1NCc1cccc(Cl)c1. The molecule has 0 saturated carbocycles. The Hall–Kier alpha value is -1.67. The van der Waals surface area contributed by atoms with Crippen LogP contribution in [0, 0.1) is 6.92 Å². The van der Waals surface area contributed by atoms with Gasteiger partial charge in [0.1, 0.15) is 5.75 Å². The van der Waals surface area contributed by atoms with Crippen LogP contribution in [-0.2, 0) is 6.54 Å². The molecule has 0 heterocycles. The van der Waals surface area contributed by atoms with Crippen LogP contribution in [0.4, 0.5) is 5.69 Å². The van der Waals surface area contributed by atoms with Crippen molar-refractivity contribution in [2.75, 3.05) is 11.9 Å². The van der Waals surface area contributed by atoms with Crippen molar-refractivity contribution in [1.29, 1.82) is 0 Å². The van der Waals surface area contributed by atoms with Crippen molar-refractivity contribution in [2.24, 2.45) is 0 Å². The molecule has 0 radical (unpaired) electrons. The number of halogens is 1. The highest BCUT2D eigenvalue weighted by atomic mass is 35.5. The van der Waals surface area contributed by atoms with Crippen LogP contribution in [0.5, 0.6) is 5.75 Å². The lowest BCUT2D eigenvalue weighted by molar-refractivity contribution is 0.318. The van der Waals surface area contributed by atoms with E-state index < -0.39 is 0 Å². The molecule has 3 heteroatoms. The first kappa shape index (κ1) is 14.7. The smallest absolute Gasteiger partial charge is 0.142 e. The first-order valence-corrected chi connectivity index (χ1v) is 7.28. The van der Waals surface area contributed by atoms with Gasteiger partial charge in [-0.1, -0.05) is 36.7 Å². The summed E-state index contributed by atoms with van der Waals surface area (Å²) in [5.74, 6) is 0.911. The first-order valence-electron chi connectivity index (χ1n) is 6.91. The summed E-state index contributed by atoms with van der Waals surface area (Å²) >= 11 is 5.99. The van der Waals surface area contributed by atoms with Crippen LogP contribution >= 0.6 is 11.6 Å². The van der Waals surface area contributed by atoms with Gasteiger partial charge in [0.25, 0.3) is 0 Å². The van der Waals surface area contributed by atoms with Crippen LogP contribution in [0.25, 0.3) is 0 Å². The van der Waals surface area contributed by atoms with Gasteiger partial charge in [0.05, 0.1) is 12.3 Å². The molecule has 0 aliphatic rings. The van der Waals surface area contributed by atoms with Crippen molar-refractivity contribution >= 4 is 17.3 Å². The molecule has 0 amide bonds. The molecule has 20 heavy (non-hydrogen) atoms. The van der Waals surface area contributed by atoms with E-state index >= 15 is 0 Å². The van der Waals surface area contributed by atoms with Crippen molar-refractivity contribution in [1.82, 2.24) is 0 Å². The third kappa shape index (κ3) is 4.17. The van der Waals surface area contributed by atoms with Crippen molar-refractivity contribution in [2.45, 2.75) is 26.8 Å². The number of hydrogen-bond donors (Lipinski definition) is 1. The van der Waals surface area contributed by atoms with E-state index in [9.17, 15) is 0 Å². The number of aryl methyl sites for hydroxylation is 1. The summed E-state index contributed by atoms with van der Waals surface area (Å²) in [6.07, 6.45) is 1.00. The molecular weight excluding hydrogens is 270 g/mol. The van der Waals surface area contributed by atoms with Gasteiger partial charge in [-0.05, 0) is 48.7 Å². The average molecular weight is 290 g/mol. The molecule has 0 aromatic heterocycles. The number of nitrogens with one attached hydrogen (secondary N) is 1. The van der Waals surface area contributed by atoms with Gasteiger partial charge in [0, 0.05) is 11.6 Å². The van der Waals surface area contributed by atoms with Gasteiger partial charge in [-0.15, -0.1) is 0 Å². The summed E-state index contributed by atoms with van der Waals surface area (Å²) in [5, 5.41) is 4.17. The summed E-state index contributed by atoms with van der Waals surface area (Å²) in [7, 11) is 0. The van der Waals surface area contributed by atoms with Crippen molar-refractivity contribution in [3.8, 4) is 5.75 Å². The number of anilines is 1. The van der Waals surface area contributed by atoms with Gasteiger partial charge < -0.3 is 10.1 Å². The third-order valence-electron chi connectivity index (χ3n) is 2.97. The van der Waals surface area contributed by atoms with Gasteiger partial charge in [0.2, 0.25) is 0 Å². The zero-order chi connectivity index (χ0) is 14.4. The number of rotatable bonds is 6. The Balaban J connectivity index is 2.08. The molecule has 0 fully saturated rings. The number of benzene rings is 2. The lowest BCUT2D eigenvalue weighted by Gasteiger charge is -2.14. The fraction of sp³-hybridized carbons (Fsp3) is 0.294. The number of hydrogen-bond acceptors (Lipinski definition) is 2. The van der Waals surface area contributed by atoms with E-state index in [1.807, 2.05) is 18.2 Å².